The second-order valence-electron chi connectivity index (χ2n) is 4.37. The third-order valence-corrected chi connectivity index (χ3v) is 3.01. The first kappa shape index (κ1) is 10.6. The molecule has 3 N–H and O–H groups in total. The largest absolute Gasteiger partial charge is 0.328 e. The van der Waals surface area contributed by atoms with Crippen molar-refractivity contribution in [3.63, 3.8) is 0 Å². The van der Waals surface area contributed by atoms with Crippen LogP contribution in [0.4, 0.5) is 4.39 Å². The van der Waals surface area contributed by atoms with Gasteiger partial charge < -0.3 is 11.1 Å². The number of rotatable bonds is 3. The highest BCUT2D eigenvalue weighted by atomic mass is 19.1. The van der Waals surface area contributed by atoms with Crippen LogP contribution in [0.2, 0.25) is 0 Å². The molecule has 2 rings (SSSR count). The van der Waals surface area contributed by atoms with Crippen LogP contribution >= 0.6 is 0 Å². The van der Waals surface area contributed by atoms with Crippen molar-refractivity contribution in [1.82, 2.24) is 5.32 Å². The van der Waals surface area contributed by atoms with Gasteiger partial charge in [0.2, 0.25) is 0 Å². The summed E-state index contributed by atoms with van der Waals surface area (Å²) in [5.74, 6) is -0.175. The number of hydrogen-bond donors (Lipinski definition) is 2. The minimum Gasteiger partial charge on any atom is -0.328 e. The molecule has 1 aliphatic carbocycles. The summed E-state index contributed by atoms with van der Waals surface area (Å²) in [4.78, 5) is 0. The number of benzene rings is 1. The van der Waals surface area contributed by atoms with E-state index >= 15 is 0 Å². The highest BCUT2D eigenvalue weighted by Crippen LogP contribution is 2.22. The van der Waals surface area contributed by atoms with Gasteiger partial charge in [-0.15, -0.1) is 0 Å². The van der Waals surface area contributed by atoms with Crippen molar-refractivity contribution in [3.05, 3.63) is 35.6 Å². The molecular weight excluding hydrogens is 191 g/mol. The fourth-order valence-corrected chi connectivity index (χ4v) is 2.02. The van der Waals surface area contributed by atoms with Crippen LogP contribution in [0, 0.1) is 5.82 Å². The van der Waals surface area contributed by atoms with Gasteiger partial charge in [-0.25, -0.2) is 4.39 Å². The molecule has 1 aromatic carbocycles. The van der Waals surface area contributed by atoms with Gasteiger partial charge in [-0.2, -0.15) is 0 Å². The molecule has 0 radical (unpaired) electrons. The van der Waals surface area contributed by atoms with E-state index in [2.05, 4.69) is 12.2 Å². The maximum Gasteiger partial charge on any atom is 0.123 e. The summed E-state index contributed by atoms with van der Waals surface area (Å²) in [6.45, 7) is 2.05. The van der Waals surface area contributed by atoms with E-state index in [9.17, 15) is 4.39 Å². The quantitative estimate of drug-likeness (QED) is 0.797. The topological polar surface area (TPSA) is 38.0 Å². The van der Waals surface area contributed by atoms with Crippen LogP contribution in [0.15, 0.2) is 24.3 Å². The van der Waals surface area contributed by atoms with E-state index in [1.165, 1.54) is 6.07 Å². The lowest BCUT2D eigenvalue weighted by Gasteiger charge is -2.35. The van der Waals surface area contributed by atoms with E-state index in [-0.39, 0.29) is 11.9 Å². The van der Waals surface area contributed by atoms with Crippen LogP contribution in [0.3, 0.4) is 0 Å². The number of nitrogens with two attached hydrogens (primary N) is 1. The standard InChI is InChI=1S/C12H17FN2/c1-8(15-12-6-11(14)7-12)9-3-2-4-10(13)5-9/h2-5,8,11-12,15H,6-7,14H2,1H3. The lowest BCUT2D eigenvalue weighted by molar-refractivity contribution is 0.272. The van der Waals surface area contributed by atoms with Crippen molar-refractivity contribution in [2.45, 2.75) is 37.9 Å². The molecular formula is C12H17FN2. The molecule has 1 aliphatic rings. The van der Waals surface area contributed by atoms with Gasteiger partial charge in [0.25, 0.3) is 0 Å². The van der Waals surface area contributed by atoms with E-state index in [4.69, 9.17) is 5.73 Å². The van der Waals surface area contributed by atoms with Gasteiger partial charge in [0.15, 0.2) is 0 Å². The second kappa shape index (κ2) is 4.29. The molecule has 0 heterocycles. The molecule has 3 heteroatoms. The zero-order chi connectivity index (χ0) is 10.8. The number of nitrogens with one attached hydrogen (secondary N) is 1. The fraction of sp³-hybridized carbons (Fsp3) is 0.500. The predicted octanol–water partition coefficient (Wildman–Crippen LogP) is 1.97. The predicted molar refractivity (Wildman–Crippen MR) is 58.9 cm³/mol. The fourth-order valence-electron chi connectivity index (χ4n) is 2.02. The summed E-state index contributed by atoms with van der Waals surface area (Å²) in [7, 11) is 0. The van der Waals surface area contributed by atoms with E-state index in [0.717, 1.165) is 18.4 Å². The summed E-state index contributed by atoms with van der Waals surface area (Å²) in [6.07, 6.45) is 2.05. The minimum atomic E-state index is -0.175. The van der Waals surface area contributed by atoms with Gasteiger partial charge in [0.1, 0.15) is 5.82 Å². The van der Waals surface area contributed by atoms with Gasteiger partial charge >= 0.3 is 0 Å². The van der Waals surface area contributed by atoms with E-state index in [1.54, 1.807) is 12.1 Å². The first-order chi connectivity index (χ1) is 7.15. The van der Waals surface area contributed by atoms with Gasteiger partial charge in [0, 0.05) is 18.1 Å². The average Bonchev–Trinajstić information content (AvgIpc) is 2.15. The first-order valence-corrected chi connectivity index (χ1v) is 5.42. The van der Waals surface area contributed by atoms with Crippen LogP contribution in [0.1, 0.15) is 31.4 Å². The summed E-state index contributed by atoms with van der Waals surface area (Å²) in [5.41, 5.74) is 6.70. The Morgan fingerprint density at radius 1 is 1.47 bits per heavy atom. The Morgan fingerprint density at radius 2 is 2.20 bits per heavy atom. The molecule has 1 fully saturated rings. The van der Waals surface area contributed by atoms with Crippen LogP contribution in [0.25, 0.3) is 0 Å². The molecule has 1 saturated carbocycles. The molecule has 0 saturated heterocycles. The maximum atomic E-state index is 13.0. The number of hydrogen-bond acceptors (Lipinski definition) is 2. The minimum absolute atomic E-state index is 0.175. The van der Waals surface area contributed by atoms with Gasteiger partial charge in [0.05, 0.1) is 0 Å². The maximum absolute atomic E-state index is 13.0. The normalized spacial score (nSPS) is 27.1. The monoisotopic (exact) mass is 208 g/mol. The third kappa shape index (κ3) is 2.55. The van der Waals surface area contributed by atoms with Crippen molar-refractivity contribution >= 4 is 0 Å². The van der Waals surface area contributed by atoms with E-state index in [1.807, 2.05) is 6.07 Å². The Hall–Kier alpha value is -0.930. The molecule has 1 unspecified atom stereocenters. The van der Waals surface area contributed by atoms with Crippen LogP contribution in [-0.4, -0.2) is 12.1 Å². The zero-order valence-corrected chi connectivity index (χ0v) is 8.91. The molecule has 15 heavy (non-hydrogen) atoms. The molecule has 2 nitrogen and oxygen atoms in total. The van der Waals surface area contributed by atoms with E-state index < -0.39 is 0 Å². The highest BCUT2D eigenvalue weighted by molar-refractivity contribution is 5.19. The van der Waals surface area contributed by atoms with Crippen molar-refractivity contribution in [3.8, 4) is 0 Å². The van der Waals surface area contributed by atoms with Crippen LogP contribution in [-0.2, 0) is 0 Å². The Bertz CT molecular complexity index is 334. The summed E-state index contributed by atoms with van der Waals surface area (Å²) < 4.78 is 13.0. The Morgan fingerprint density at radius 3 is 2.80 bits per heavy atom. The van der Waals surface area contributed by atoms with Crippen molar-refractivity contribution in [2.75, 3.05) is 0 Å². The SMILES string of the molecule is CC(NC1CC(N)C1)c1cccc(F)c1. The Balaban J connectivity index is 1.93. The molecule has 0 bridgehead atoms. The molecule has 0 amide bonds. The second-order valence-corrected chi connectivity index (χ2v) is 4.37. The van der Waals surface area contributed by atoms with Gasteiger partial charge in [-0.05, 0) is 37.5 Å². The average molecular weight is 208 g/mol. The Kier molecular flexibility index (Phi) is 3.03. The summed E-state index contributed by atoms with van der Waals surface area (Å²) in [5, 5.41) is 3.44. The molecule has 0 aromatic heterocycles. The summed E-state index contributed by atoms with van der Waals surface area (Å²) >= 11 is 0. The van der Waals surface area contributed by atoms with Crippen molar-refractivity contribution in [2.24, 2.45) is 5.73 Å². The van der Waals surface area contributed by atoms with Crippen molar-refractivity contribution in [1.29, 1.82) is 0 Å². The lowest BCUT2D eigenvalue weighted by atomic mass is 9.87. The molecule has 1 atom stereocenters. The molecule has 0 aliphatic heterocycles. The van der Waals surface area contributed by atoms with Gasteiger partial charge in [-0.1, -0.05) is 12.1 Å². The van der Waals surface area contributed by atoms with Gasteiger partial charge in [-0.3, -0.25) is 0 Å². The molecule has 0 spiro atoms. The molecule has 82 valence electrons. The number of halogens is 1. The first-order valence-electron chi connectivity index (χ1n) is 5.42. The lowest BCUT2D eigenvalue weighted by Crippen LogP contribution is -2.49. The van der Waals surface area contributed by atoms with Crippen molar-refractivity contribution < 1.29 is 4.39 Å². The highest BCUT2D eigenvalue weighted by Gasteiger charge is 2.26. The third-order valence-electron chi connectivity index (χ3n) is 3.01. The van der Waals surface area contributed by atoms with E-state index in [0.29, 0.717) is 12.1 Å². The smallest absolute Gasteiger partial charge is 0.123 e. The summed E-state index contributed by atoms with van der Waals surface area (Å²) in [6, 6.07) is 7.78. The van der Waals surface area contributed by atoms with Crippen LogP contribution in [0.5, 0.6) is 0 Å². The zero-order valence-electron chi connectivity index (χ0n) is 8.91. The molecule has 1 aromatic rings. The Labute approximate surface area is 89.7 Å². The van der Waals surface area contributed by atoms with Crippen LogP contribution < -0.4 is 11.1 Å².